The number of nitrogens with one attached hydrogen (secondary N) is 1. The predicted molar refractivity (Wildman–Crippen MR) is 93.4 cm³/mol. The molecule has 0 atom stereocenters. The summed E-state index contributed by atoms with van der Waals surface area (Å²) in [5, 5.41) is 13.4. The van der Waals surface area contributed by atoms with Crippen LogP contribution in [-0.4, -0.2) is 21.5 Å². The Kier molecular flexibility index (Phi) is 5.05. The van der Waals surface area contributed by atoms with E-state index >= 15 is 0 Å². The standard InChI is InChI=1S/C18H19ClN4/c1-2-20-12-17-18(15-6-4-3-5-7-15)22-23(21-17)13-14-8-10-16(19)11-9-14/h3-11,20H,2,12-13H2,1H3. The Balaban J connectivity index is 1.89. The average Bonchev–Trinajstić information content (AvgIpc) is 2.98. The van der Waals surface area contributed by atoms with E-state index in [1.54, 1.807) is 4.80 Å². The van der Waals surface area contributed by atoms with Crippen LogP contribution in [-0.2, 0) is 13.1 Å². The van der Waals surface area contributed by atoms with E-state index in [1.165, 1.54) is 0 Å². The molecule has 2 aromatic carbocycles. The van der Waals surface area contributed by atoms with Crippen LogP contribution in [0.25, 0.3) is 11.3 Å². The molecule has 0 saturated carbocycles. The van der Waals surface area contributed by atoms with Crippen molar-refractivity contribution >= 4 is 11.6 Å². The zero-order valence-corrected chi connectivity index (χ0v) is 13.8. The quantitative estimate of drug-likeness (QED) is 0.750. The van der Waals surface area contributed by atoms with Crippen LogP contribution in [0.3, 0.4) is 0 Å². The van der Waals surface area contributed by atoms with E-state index in [4.69, 9.17) is 11.6 Å². The highest BCUT2D eigenvalue weighted by Gasteiger charge is 2.12. The summed E-state index contributed by atoms with van der Waals surface area (Å²) in [5.41, 5.74) is 4.11. The molecule has 1 N–H and O–H groups in total. The number of nitrogens with zero attached hydrogens (tertiary/aromatic N) is 3. The van der Waals surface area contributed by atoms with Gasteiger partial charge in [-0.1, -0.05) is 61.0 Å². The van der Waals surface area contributed by atoms with Gasteiger partial charge in [-0.05, 0) is 24.2 Å². The highest BCUT2D eigenvalue weighted by atomic mass is 35.5. The zero-order valence-electron chi connectivity index (χ0n) is 13.0. The molecular formula is C18H19ClN4. The third-order valence-electron chi connectivity index (χ3n) is 3.55. The van der Waals surface area contributed by atoms with Crippen LogP contribution in [0.2, 0.25) is 5.02 Å². The highest BCUT2D eigenvalue weighted by molar-refractivity contribution is 6.30. The van der Waals surface area contributed by atoms with Crippen LogP contribution in [0.1, 0.15) is 18.2 Å². The first-order chi connectivity index (χ1) is 11.3. The maximum Gasteiger partial charge on any atom is 0.117 e. The summed E-state index contributed by atoms with van der Waals surface area (Å²) in [6.45, 7) is 4.32. The monoisotopic (exact) mass is 326 g/mol. The van der Waals surface area contributed by atoms with Crippen LogP contribution in [0.5, 0.6) is 0 Å². The molecule has 1 heterocycles. The Bertz CT molecular complexity index is 750. The number of benzene rings is 2. The minimum atomic E-state index is 0.628. The van der Waals surface area contributed by atoms with E-state index in [9.17, 15) is 0 Å². The van der Waals surface area contributed by atoms with Gasteiger partial charge in [-0.2, -0.15) is 15.0 Å². The molecular weight excluding hydrogens is 308 g/mol. The van der Waals surface area contributed by atoms with Crippen molar-refractivity contribution < 1.29 is 0 Å². The summed E-state index contributed by atoms with van der Waals surface area (Å²) >= 11 is 5.93. The molecule has 0 spiro atoms. The number of hydrogen-bond acceptors (Lipinski definition) is 3. The maximum absolute atomic E-state index is 5.93. The zero-order chi connectivity index (χ0) is 16.1. The molecule has 0 fully saturated rings. The van der Waals surface area contributed by atoms with Gasteiger partial charge >= 0.3 is 0 Å². The van der Waals surface area contributed by atoms with Crippen LogP contribution in [0.4, 0.5) is 0 Å². The van der Waals surface area contributed by atoms with Crippen molar-refractivity contribution in [1.82, 2.24) is 20.3 Å². The van der Waals surface area contributed by atoms with Crippen molar-refractivity contribution in [2.24, 2.45) is 0 Å². The fourth-order valence-corrected chi connectivity index (χ4v) is 2.51. The molecule has 0 unspecified atom stereocenters. The van der Waals surface area contributed by atoms with Gasteiger partial charge in [0.2, 0.25) is 0 Å². The minimum absolute atomic E-state index is 0.628. The van der Waals surface area contributed by atoms with Gasteiger partial charge < -0.3 is 5.32 Å². The second-order valence-corrected chi connectivity index (χ2v) is 5.73. The molecule has 0 aliphatic carbocycles. The molecule has 0 radical (unpaired) electrons. The fourth-order valence-electron chi connectivity index (χ4n) is 2.39. The lowest BCUT2D eigenvalue weighted by atomic mass is 10.1. The molecule has 3 aromatic rings. The van der Waals surface area contributed by atoms with Crippen molar-refractivity contribution in [2.45, 2.75) is 20.0 Å². The van der Waals surface area contributed by atoms with Crippen LogP contribution >= 0.6 is 11.6 Å². The van der Waals surface area contributed by atoms with Gasteiger partial charge in [0.15, 0.2) is 0 Å². The maximum atomic E-state index is 5.93. The SMILES string of the molecule is CCNCc1nn(Cc2ccc(Cl)cc2)nc1-c1ccccc1. The summed E-state index contributed by atoms with van der Waals surface area (Å²) < 4.78 is 0. The molecule has 118 valence electrons. The van der Waals surface area contributed by atoms with E-state index in [0.29, 0.717) is 13.1 Å². The molecule has 0 amide bonds. The third-order valence-corrected chi connectivity index (χ3v) is 3.80. The van der Waals surface area contributed by atoms with E-state index in [2.05, 4.69) is 34.6 Å². The highest BCUT2D eigenvalue weighted by Crippen LogP contribution is 2.20. The first-order valence-electron chi connectivity index (χ1n) is 7.71. The van der Waals surface area contributed by atoms with Gasteiger partial charge in [0.1, 0.15) is 11.4 Å². The Morgan fingerprint density at radius 1 is 1.00 bits per heavy atom. The molecule has 0 aliphatic rings. The summed E-state index contributed by atoms with van der Waals surface area (Å²) in [6, 6.07) is 17.9. The second kappa shape index (κ2) is 7.40. The summed E-state index contributed by atoms with van der Waals surface area (Å²) in [4.78, 5) is 1.75. The van der Waals surface area contributed by atoms with Gasteiger partial charge in [0.25, 0.3) is 0 Å². The Morgan fingerprint density at radius 2 is 1.74 bits per heavy atom. The van der Waals surface area contributed by atoms with Crippen LogP contribution < -0.4 is 5.32 Å². The van der Waals surface area contributed by atoms with Gasteiger partial charge in [0.05, 0.1) is 6.54 Å². The lowest BCUT2D eigenvalue weighted by molar-refractivity contribution is 0.579. The lowest BCUT2D eigenvalue weighted by Gasteiger charge is -2.00. The first-order valence-corrected chi connectivity index (χ1v) is 8.08. The summed E-state index contributed by atoms with van der Waals surface area (Å²) in [5.74, 6) is 0. The fraction of sp³-hybridized carbons (Fsp3) is 0.222. The second-order valence-electron chi connectivity index (χ2n) is 5.30. The van der Waals surface area contributed by atoms with Crippen molar-refractivity contribution in [3.8, 4) is 11.3 Å². The Hall–Kier alpha value is -2.17. The van der Waals surface area contributed by atoms with Crippen molar-refractivity contribution in [2.75, 3.05) is 6.54 Å². The topological polar surface area (TPSA) is 42.7 Å². The van der Waals surface area contributed by atoms with Crippen molar-refractivity contribution in [1.29, 1.82) is 0 Å². The predicted octanol–water partition coefficient (Wildman–Crippen LogP) is 3.76. The minimum Gasteiger partial charge on any atom is -0.311 e. The molecule has 23 heavy (non-hydrogen) atoms. The number of halogens is 1. The molecule has 0 aliphatic heterocycles. The Morgan fingerprint density at radius 3 is 2.43 bits per heavy atom. The van der Waals surface area contributed by atoms with Crippen LogP contribution in [0.15, 0.2) is 54.6 Å². The van der Waals surface area contributed by atoms with Gasteiger partial charge in [-0.25, -0.2) is 0 Å². The lowest BCUT2D eigenvalue weighted by Crippen LogP contribution is -2.13. The molecule has 1 aromatic heterocycles. The first kappa shape index (κ1) is 15.7. The van der Waals surface area contributed by atoms with Crippen molar-refractivity contribution in [3.05, 3.63) is 70.9 Å². The molecule has 5 heteroatoms. The third kappa shape index (κ3) is 3.97. The largest absolute Gasteiger partial charge is 0.311 e. The summed E-state index contributed by atoms with van der Waals surface area (Å²) in [7, 11) is 0. The van der Waals surface area contributed by atoms with E-state index in [-0.39, 0.29) is 0 Å². The number of hydrogen-bond donors (Lipinski definition) is 1. The smallest absolute Gasteiger partial charge is 0.117 e. The van der Waals surface area contributed by atoms with Crippen molar-refractivity contribution in [3.63, 3.8) is 0 Å². The summed E-state index contributed by atoms with van der Waals surface area (Å²) in [6.07, 6.45) is 0. The van der Waals surface area contributed by atoms with Gasteiger partial charge in [-0.15, -0.1) is 0 Å². The molecule has 0 bridgehead atoms. The van der Waals surface area contributed by atoms with E-state index in [0.717, 1.165) is 34.1 Å². The van der Waals surface area contributed by atoms with E-state index in [1.807, 2.05) is 42.5 Å². The molecule has 0 saturated heterocycles. The average molecular weight is 327 g/mol. The molecule has 3 rings (SSSR count). The van der Waals surface area contributed by atoms with Crippen LogP contribution in [0, 0.1) is 0 Å². The normalized spacial score (nSPS) is 10.9. The van der Waals surface area contributed by atoms with E-state index < -0.39 is 0 Å². The number of rotatable bonds is 6. The number of aromatic nitrogens is 3. The molecule has 4 nitrogen and oxygen atoms in total. The Labute approximate surface area is 141 Å². The van der Waals surface area contributed by atoms with Gasteiger partial charge in [-0.3, -0.25) is 0 Å². The van der Waals surface area contributed by atoms with Gasteiger partial charge in [0, 0.05) is 17.1 Å².